The van der Waals surface area contributed by atoms with Gasteiger partial charge in [0.25, 0.3) is 5.91 Å². The minimum atomic E-state index is -4.54. The molecule has 0 radical (unpaired) electrons. The van der Waals surface area contributed by atoms with Gasteiger partial charge in [-0.3, -0.25) is 14.5 Å². The number of benzene rings is 1. The van der Waals surface area contributed by atoms with E-state index in [2.05, 4.69) is 9.97 Å². The number of halogens is 3. The first-order valence-corrected chi connectivity index (χ1v) is 9.99. The molecule has 0 bridgehead atoms. The van der Waals surface area contributed by atoms with Gasteiger partial charge < -0.3 is 4.90 Å². The van der Waals surface area contributed by atoms with Crippen LogP contribution in [-0.2, 0) is 15.8 Å². The first-order valence-electron chi connectivity index (χ1n) is 9.99. The number of amides is 2. The van der Waals surface area contributed by atoms with Gasteiger partial charge in [0.2, 0.25) is 5.91 Å². The van der Waals surface area contributed by atoms with Crippen LogP contribution in [0.3, 0.4) is 0 Å². The summed E-state index contributed by atoms with van der Waals surface area (Å²) in [5.74, 6) is -0.241. The van der Waals surface area contributed by atoms with E-state index in [1.54, 1.807) is 17.0 Å². The summed E-state index contributed by atoms with van der Waals surface area (Å²) in [7, 11) is 0. The van der Waals surface area contributed by atoms with E-state index in [4.69, 9.17) is 0 Å². The third-order valence-electron chi connectivity index (χ3n) is 5.61. The molecule has 0 spiro atoms. The lowest BCUT2D eigenvalue weighted by molar-refractivity contribution is -0.141. The van der Waals surface area contributed by atoms with Gasteiger partial charge in [0.1, 0.15) is 17.3 Å². The number of anilines is 2. The van der Waals surface area contributed by atoms with Crippen molar-refractivity contribution < 1.29 is 22.8 Å². The Morgan fingerprint density at radius 1 is 0.968 bits per heavy atom. The Hall–Kier alpha value is -3.01. The van der Waals surface area contributed by atoms with Crippen LogP contribution in [0.4, 0.5) is 24.7 Å². The van der Waals surface area contributed by atoms with E-state index >= 15 is 0 Å². The molecule has 2 saturated heterocycles. The van der Waals surface area contributed by atoms with E-state index in [0.29, 0.717) is 31.9 Å². The average Bonchev–Trinajstić information content (AvgIpc) is 3.02. The zero-order valence-electron chi connectivity index (χ0n) is 17.2. The van der Waals surface area contributed by atoms with Gasteiger partial charge in [-0.05, 0) is 26.0 Å². The van der Waals surface area contributed by atoms with Crippen LogP contribution in [0.2, 0.25) is 0 Å². The molecular weight excluding hydrogens is 411 g/mol. The molecule has 2 aliphatic heterocycles. The normalized spacial score (nSPS) is 20.6. The monoisotopic (exact) mass is 433 g/mol. The van der Waals surface area contributed by atoms with Crippen LogP contribution >= 0.6 is 0 Å². The first-order chi connectivity index (χ1) is 14.6. The second kappa shape index (κ2) is 7.92. The Morgan fingerprint density at radius 3 is 2.23 bits per heavy atom. The van der Waals surface area contributed by atoms with E-state index in [1.807, 2.05) is 24.0 Å². The van der Waals surface area contributed by atoms with Crippen LogP contribution in [0.15, 0.2) is 30.3 Å². The average molecular weight is 433 g/mol. The van der Waals surface area contributed by atoms with Crippen LogP contribution in [0.5, 0.6) is 0 Å². The van der Waals surface area contributed by atoms with Crippen molar-refractivity contribution in [3.8, 4) is 0 Å². The number of carbonyl (C=O) groups excluding carboxylic acids is 2. The highest BCUT2D eigenvalue weighted by atomic mass is 19.4. The van der Waals surface area contributed by atoms with Crippen LogP contribution in [0, 0.1) is 13.8 Å². The Kier molecular flexibility index (Phi) is 5.42. The summed E-state index contributed by atoms with van der Waals surface area (Å²) in [6.45, 7) is 5.03. The molecule has 3 heterocycles. The number of rotatable bonds is 3. The fourth-order valence-corrected chi connectivity index (χ4v) is 3.99. The molecule has 0 aliphatic carbocycles. The van der Waals surface area contributed by atoms with Crippen LogP contribution in [-0.4, -0.2) is 58.9 Å². The highest BCUT2D eigenvalue weighted by molar-refractivity contribution is 6.22. The van der Waals surface area contributed by atoms with E-state index in [-0.39, 0.29) is 29.9 Å². The lowest BCUT2D eigenvalue weighted by Crippen LogP contribution is -2.52. The summed E-state index contributed by atoms with van der Waals surface area (Å²) in [6.07, 6.45) is -4.45. The number of carbonyl (C=O) groups is 2. The molecule has 2 fully saturated rings. The summed E-state index contributed by atoms with van der Waals surface area (Å²) in [4.78, 5) is 38.0. The van der Waals surface area contributed by atoms with Gasteiger partial charge in [0.05, 0.1) is 18.2 Å². The quantitative estimate of drug-likeness (QED) is 0.693. The molecule has 31 heavy (non-hydrogen) atoms. The summed E-state index contributed by atoms with van der Waals surface area (Å²) < 4.78 is 39.2. The second-order valence-electron chi connectivity index (χ2n) is 7.80. The number of alkyl halides is 3. The van der Waals surface area contributed by atoms with E-state index in [0.717, 1.165) is 11.6 Å². The van der Waals surface area contributed by atoms with Crippen molar-refractivity contribution in [2.24, 2.45) is 0 Å². The fraction of sp³-hybridized carbons (Fsp3) is 0.429. The van der Waals surface area contributed by atoms with Crippen molar-refractivity contribution in [3.05, 3.63) is 47.4 Å². The topological polar surface area (TPSA) is 69.6 Å². The molecule has 2 aromatic rings. The number of imide groups is 1. The molecule has 0 unspecified atom stereocenters. The number of aromatic nitrogens is 2. The highest BCUT2D eigenvalue weighted by Crippen LogP contribution is 2.31. The van der Waals surface area contributed by atoms with E-state index in [9.17, 15) is 22.8 Å². The summed E-state index contributed by atoms with van der Waals surface area (Å²) in [6, 6.07) is 7.59. The molecule has 1 atom stereocenters. The molecule has 0 N–H and O–H groups in total. The molecule has 1 aromatic carbocycles. The van der Waals surface area contributed by atoms with Crippen molar-refractivity contribution in [3.63, 3.8) is 0 Å². The number of aryl methyl sites for hydroxylation is 2. The highest BCUT2D eigenvalue weighted by Gasteiger charge is 2.43. The molecule has 10 heteroatoms. The Bertz CT molecular complexity index is 1000. The van der Waals surface area contributed by atoms with Crippen LogP contribution < -0.4 is 9.80 Å². The lowest BCUT2D eigenvalue weighted by atomic mass is 10.1. The smallest absolute Gasteiger partial charge is 0.354 e. The van der Waals surface area contributed by atoms with Crippen molar-refractivity contribution in [2.75, 3.05) is 36.0 Å². The third-order valence-corrected chi connectivity index (χ3v) is 5.61. The van der Waals surface area contributed by atoms with Gasteiger partial charge in [0, 0.05) is 32.2 Å². The molecule has 1 aromatic heterocycles. The Balaban J connectivity index is 1.45. The van der Waals surface area contributed by atoms with Crippen molar-refractivity contribution in [1.29, 1.82) is 0 Å². The third kappa shape index (κ3) is 4.25. The molecule has 164 valence electrons. The maximum absolute atomic E-state index is 13.1. The van der Waals surface area contributed by atoms with E-state index in [1.165, 1.54) is 11.8 Å². The largest absolute Gasteiger partial charge is 0.433 e. The standard InChI is InChI=1S/C21H22F3N5O2/c1-13-3-5-15(6-4-13)29-19(30)11-16(20(29)31)27-7-9-28(10-8-27)18-12-17(21(22,23)24)25-14(2)26-18/h3-6,12,16H,7-11H2,1-2H3/t16-/m0/s1. The summed E-state index contributed by atoms with van der Waals surface area (Å²) in [5, 5.41) is 0. The van der Waals surface area contributed by atoms with Gasteiger partial charge in [-0.1, -0.05) is 17.7 Å². The molecule has 4 rings (SSSR count). The van der Waals surface area contributed by atoms with Gasteiger partial charge in [-0.2, -0.15) is 13.2 Å². The maximum Gasteiger partial charge on any atom is 0.433 e. The second-order valence-corrected chi connectivity index (χ2v) is 7.80. The molecule has 7 nitrogen and oxygen atoms in total. The van der Waals surface area contributed by atoms with Gasteiger partial charge in [-0.15, -0.1) is 0 Å². The number of hydrogen-bond acceptors (Lipinski definition) is 6. The predicted molar refractivity (Wildman–Crippen MR) is 108 cm³/mol. The van der Waals surface area contributed by atoms with Gasteiger partial charge in [0.15, 0.2) is 0 Å². The molecule has 2 aliphatic rings. The Labute approximate surface area is 177 Å². The lowest BCUT2D eigenvalue weighted by Gasteiger charge is -2.37. The minimum Gasteiger partial charge on any atom is -0.354 e. The predicted octanol–water partition coefficient (Wildman–Crippen LogP) is 2.57. The van der Waals surface area contributed by atoms with Crippen molar-refractivity contribution in [2.45, 2.75) is 32.5 Å². The first kappa shape index (κ1) is 21.2. The summed E-state index contributed by atoms with van der Waals surface area (Å²) in [5.41, 5.74) is 0.616. The van der Waals surface area contributed by atoms with E-state index < -0.39 is 17.9 Å². The summed E-state index contributed by atoms with van der Waals surface area (Å²) >= 11 is 0. The molecule has 2 amide bonds. The van der Waals surface area contributed by atoms with Crippen LogP contribution in [0.25, 0.3) is 0 Å². The molecule has 0 saturated carbocycles. The number of piperazine rings is 1. The Morgan fingerprint density at radius 2 is 1.61 bits per heavy atom. The fourth-order valence-electron chi connectivity index (χ4n) is 3.99. The number of hydrogen-bond donors (Lipinski definition) is 0. The zero-order chi connectivity index (χ0) is 22.3. The SMILES string of the molecule is Cc1ccc(N2C(=O)C[C@H](N3CCN(c4cc(C(F)(F)F)nc(C)n4)CC3)C2=O)cc1. The zero-order valence-corrected chi connectivity index (χ0v) is 17.2. The maximum atomic E-state index is 13.1. The van der Waals surface area contributed by atoms with Crippen molar-refractivity contribution >= 4 is 23.3 Å². The number of nitrogens with zero attached hydrogens (tertiary/aromatic N) is 5. The van der Waals surface area contributed by atoms with Crippen molar-refractivity contribution in [1.82, 2.24) is 14.9 Å². The van der Waals surface area contributed by atoms with Crippen LogP contribution in [0.1, 0.15) is 23.5 Å². The van der Waals surface area contributed by atoms with Gasteiger partial charge >= 0.3 is 6.18 Å². The van der Waals surface area contributed by atoms with Gasteiger partial charge in [-0.25, -0.2) is 14.9 Å². The molecular formula is C21H22F3N5O2. The minimum absolute atomic E-state index is 0.0533.